The van der Waals surface area contributed by atoms with Crippen LogP contribution in [0.5, 0.6) is 5.75 Å². The fourth-order valence-corrected chi connectivity index (χ4v) is 4.55. The number of para-hydroxylation sites is 2. The van der Waals surface area contributed by atoms with Crippen molar-refractivity contribution in [2.45, 2.75) is 0 Å². The van der Waals surface area contributed by atoms with E-state index in [2.05, 4.69) is 31.3 Å². The van der Waals surface area contributed by atoms with E-state index in [4.69, 9.17) is 4.74 Å². The number of amides is 1. The first kappa shape index (κ1) is 27.3. The van der Waals surface area contributed by atoms with Crippen LogP contribution in [0, 0.1) is 15.9 Å². The number of carbonyl (C=O) groups excluding carboxylic acids is 1. The maximum atomic E-state index is 13.8. The highest BCUT2D eigenvalue weighted by atomic mass is 79.9. The summed E-state index contributed by atoms with van der Waals surface area (Å²) < 4.78 is 20.6. The van der Waals surface area contributed by atoms with Crippen LogP contribution in [0.2, 0.25) is 0 Å². The van der Waals surface area contributed by atoms with Crippen molar-refractivity contribution in [3.8, 4) is 17.1 Å². The largest absolute Gasteiger partial charge is 0.476 e. The molecule has 0 bridgehead atoms. The summed E-state index contributed by atoms with van der Waals surface area (Å²) in [4.78, 5) is 41.4. The SMILES string of the molecule is O=C(COc1c(Br)cc(C=Nn2c(-c3ccccc3)nc3ccccc3c2=O)cc1[N+](=O)[O-])Nc1ccccc1F. The van der Waals surface area contributed by atoms with Crippen LogP contribution in [0.1, 0.15) is 5.56 Å². The van der Waals surface area contributed by atoms with Gasteiger partial charge in [0.2, 0.25) is 5.75 Å². The third kappa shape index (κ3) is 6.02. The lowest BCUT2D eigenvalue weighted by atomic mass is 10.2. The van der Waals surface area contributed by atoms with Gasteiger partial charge in [0.1, 0.15) is 5.82 Å². The molecule has 4 aromatic carbocycles. The smallest absolute Gasteiger partial charge is 0.312 e. The van der Waals surface area contributed by atoms with E-state index < -0.39 is 34.5 Å². The molecular weight excluding hydrogens is 597 g/mol. The number of nitrogens with zero attached hydrogens (tertiary/aromatic N) is 4. The molecule has 0 radical (unpaired) electrons. The van der Waals surface area contributed by atoms with Crippen molar-refractivity contribution in [2.24, 2.45) is 5.10 Å². The Morgan fingerprint density at radius 2 is 1.78 bits per heavy atom. The minimum Gasteiger partial charge on any atom is -0.476 e. The number of ether oxygens (including phenoxy) is 1. The zero-order chi connectivity index (χ0) is 28.9. The number of hydrogen-bond donors (Lipinski definition) is 1. The molecule has 1 N–H and O–H groups in total. The Morgan fingerprint density at radius 1 is 1.07 bits per heavy atom. The van der Waals surface area contributed by atoms with Gasteiger partial charge in [0.25, 0.3) is 11.5 Å². The van der Waals surface area contributed by atoms with Crippen LogP contribution in [0.15, 0.2) is 105 Å². The zero-order valence-corrected chi connectivity index (χ0v) is 22.6. The fourth-order valence-electron chi connectivity index (χ4n) is 3.97. The summed E-state index contributed by atoms with van der Waals surface area (Å²) in [5.41, 5.74) is 0.506. The standard InChI is InChI=1S/C29H19BrFN5O5/c30-21-14-18(15-25(36(39)40)27(21)41-17-26(37)33-24-13-7-5-11-22(24)31)16-32-35-28(19-8-2-1-3-9-19)34-23-12-6-4-10-20(23)29(35)38/h1-16H,17H2,(H,33,37). The van der Waals surface area contributed by atoms with Gasteiger partial charge in [-0.05, 0) is 46.3 Å². The van der Waals surface area contributed by atoms with Crippen LogP contribution in [0.4, 0.5) is 15.8 Å². The van der Waals surface area contributed by atoms with E-state index in [-0.39, 0.29) is 21.5 Å². The van der Waals surface area contributed by atoms with Crippen molar-refractivity contribution in [3.63, 3.8) is 0 Å². The molecule has 12 heteroatoms. The summed E-state index contributed by atoms with van der Waals surface area (Å²) in [6.45, 7) is -0.611. The second-order valence-corrected chi connectivity index (χ2v) is 9.46. The number of carbonyl (C=O) groups is 1. The first-order valence-electron chi connectivity index (χ1n) is 12.1. The van der Waals surface area contributed by atoms with Crippen LogP contribution in [0.25, 0.3) is 22.3 Å². The number of nitrogens with one attached hydrogen (secondary N) is 1. The van der Waals surface area contributed by atoms with E-state index >= 15 is 0 Å². The van der Waals surface area contributed by atoms with E-state index in [1.54, 1.807) is 54.6 Å². The molecule has 5 aromatic rings. The molecule has 0 aliphatic carbocycles. The van der Waals surface area contributed by atoms with Crippen molar-refractivity contribution in [1.29, 1.82) is 0 Å². The number of hydrogen-bond acceptors (Lipinski definition) is 7. The third-order valence-electron chi connectivity index (χ3n) is 5.85. The molecule has 5 rings (SSSR count). The molecule has 0 aliphatic rings. The molecular formula is C29H19BrFN5O5. The Morgan fingerprint density at radius 3 is 2.54 bits per heavy atom. The van der Waals surface area contributed by atoms with E-state index in [1.807, 2.05) is 6.07 Å². The molecule has 0 spiro atoms. The summed E-state index contributed by atoms with van der Waals surface area (Å²) in [7, 11) is 0. The Kier molecular flexibility index (Phi) is 7.92. The molecule has 10 nitrogen and oxygen atoms in total. The average molecular weight is 616 g/mol. The molecule has 41 heavy (non-hydrogen) atoms. The van der Waals surface area contributed by atoms with E-state index in [9.17, 15) is 24.1 Å². The molecule has 0 unspecified atom stereocenters. The maximum Gasteiger partial charge on any atom is 0.312 e. The van der Waals surface area contributed by atoms with Crippen molar-refractivity contribution >= 4 is 50.3 Å². The number of aromatic nitrogens is 2. The van der Waals surface area contributed by atoms with Crippen molar-refractivity contribution in [3.05, 3.63) is 127 Å². The summed E-state index contributed by atoms with van der Waals surface area (Å²) in [6.07, 6.45) is 1.29. The third-order valence-corrected chi connectivity index (χ3v) is 6.44. The summed E-state index contributed by atoms with van der Waals surface area (Å²) >= 11 is 3.26. The molecule has 0 fully saturated rings. The Bertz CT molecular complexity index is 1880. The van der Waals surface area contributed by atoms with Crippen LogP contribution < -0.4 is 15.6 Å². The van der Waals surface area contributed by atoms with Crippen LogP contribution >= 0.6 is 15.9 Å². The zero-order valence-electron chi connectivity index (χ0n) is 21.0. The average Bonchev–Trinajstić information content (AvgIpc) is 2.97. The molecule has 1 amide bonds. The number of benzene rings is 4. The first-order chi connectivity index (χ1) is 19.8. The second-order valence-electron chi connectivity index (χ2n) is 8.60. The van der Waals surface area contributed by atoms with Gasteiger partial charge in [-0.2, -0.15) is 9.78 Å². The van der Waals surface area contributed by atoms with Crippen LogP contribution in [0.3, 0.4) is 0 Å². The van der Waals surface area contributed by atoms with Gasteiger partial charge in [-0.25, -0.2) is 9.37 Å². The first-order valence-corrected chi connectivity index (χ1v) is 12.9. The van der Waals surface area contributed by atoms with E-state index in [0.717, 1.165) is 4.68 Å². The monoisotopic (exact) mass is 615 g/mol. The number of rotatable bonds is 8. The predicted molar refractivity (Wildman–Crippen MR) is 156 cm³/mol. The van der Waals surface area contributed by atoms with Crippen molar-refractivity contribution in [1.82, 2.24) is 9.66 Å². The minimum atomic E-state index is -0.710. The Hall–Kier alpha value is -5.23. The molecule has 204 valence electrons. The van der Waals surface area contributed by atoms with Gasteiger partial charge >= 0.3 is 5.69 Å². The maximum absolute atomic E-state index is 13.8. The number of nitro benzene ring substituents is 1. The summed E-state index contributed by atoms with van der Waals surface area (Å²) in [5, 5.41) is 18.9. The second kappa shape index (κ2) is 11.9. The predicted octanol–water partition coefficient (Wildman–Crippen LogP) is 5.77. The molecule has 1 aromatic heterocycles. The van der Waals surface area contributed by atoms with Gasteiger partial charge in [-0.15, -0.1) is 0 Å². The van der Waals surface area contributed by atoms with Gasteiger partial charge in [0, 0.05) is 17.2 Å². The summed E-state index contributed by atoms with van der Waals surface area (Å²) in [6, 6.07) is 24.2. The van der Waals surface area contributed by atoms with Gasteiger partial charge in [-0.3, -0.25) is 19.7 Å². The topological polar surface area (TPSA) is 129 Å². The lowest BCUT2D eigenvalue weighted by Crippen LogP contribution is -2.21. The van der Waals surface area contributed by atoms with Gasteiger partial charge in [-0.1, -0.05) is 54.6 Å². The number of halogens is 2. The fraction of sp³-hybridized carbons (Fsp3) is 0.0345. The molecule has 0 aliphatic heterocycles. The van der Waals surface area contributed by atoms with Crippen molar-refractivity contribution in [2.75, 3.05) is 11.9 Å². The van der Waals surface area contributed by atoms with Crippen LogP contribution in [-0.2, 0) is 4.79 Å². The van der Waals surface area contributed by atoms with E-state index in [0.29, 0.717) is 22.3 Å². The Labute approximate surface area is 240 Å². The molecule has 0 saturated heterocycles. The quantitative estimate of drug-likeness (QED) is 0.134. The lowest BCUT2D eigenvalue weighted by molar-refractivity contribution is -0.385. The van der Waals surface area contributed by atoms with Crippen LogP contribution in [-0.4, -0.2) is 33.3 Å². The lowest BCUT2D eigenvalue weighted by Gasteiger charge is -2.11. The highest BCUT2D eigenvalue weighted by Crippen LogP contribution is 2.36. The van der Waals surface area contributed by atoms with Gasteiger partial charge < -0.3 is 10.1 Å². The van der Waals surface area contributed by atoms with Crippen molar-refractivity contribution < 1.29 is 18.8 Å². The van der Waals surface area contributed by atoms with Gasteiger partial charge in [0.15, 0.2) is 12.4 Å². The molecule has 1 heterocycles. The molecule has 0 atom stereocenters. The molecule has 0 saturated carbocycles. The number of fused-ring (bicyclic) bond motifs is 1. The van der Waals surface area contributed by atoms with Gasteiger partial charge in [0.05, 0.1) is 32.2 Å². The number of anilines is 1. The normalized spacial score (nSPS) is 11.1. The van der Waals surface area contributed by atoms with E-state index in [1.165, 1.54) is 36.5 Å². The minimum absolute atomic E-state index is 0.0467. The number of nitro groups is 1. The summed E-state index contributed by atoms with van der Waals surface area (Å²) in [5.74, 6) is -1.25. The highest BCUT2D eigenvalue weighted by molar-refractivity contribution is 9.10. The highest BCUT2D eigenvalue weighted by Gasteiger charge is 2.22. The Balaban J connectivity index is 1.46.